The van der Waals surface area contributed by atoms with Gasteiger partial charge in [-0.3, -0.25) is 4.98 Å². The number of hydrogen-bond acceptors (Lipinski definition) is 5. The van der Waals surface area contributed by atoms with Gasteiger partial charge in [0.25, 0.3) is 0 Å². The number of nitrogens with one attached hydrogen (secondary N) is 1. The molecule has 0 atom stereocenters. The summed E-state index contributed by atoms with van der Waals surface area (Å²) in [5.74, 6) is 0.393. The molecule has 0 fully saturated rings. The van der Waals surface area contributed by atoms with Gasteiger partial charge in [-0.1, -0.05) is 11.6 Å². The monoisotopic (exact) mass is 296 g/mol. The van der Waals surface area contributed by atoms with Gasteiger partial charge in [-0.2, -0.15) is 0 Å². The topological polar surface area (TPSA) is 64.4 Å². The maximum atomic E-state index is 11.4. The second-order valence-electron chi connectivity index (χ2n) is 4.99. The number of aryl methyl sites for hydroxylation is 1. The van der Waals surface area contributed by atoms with Crippen LogP contribution in [0.2, 0.25) is 0 Å². The molecule has 5 heteroatoms. The van der Waals surface area contributed by atoms with E-state index in [0.29, 0.717) is 12.3 Å². The minimum Gasteiger partial charge on any atom is -0.463 e. The molecule has 0 spiro atoms. The van der Waals surface area contributed by atoms with Crippen LogP contribution in [0.15, 0.2) is 47.0 Å². The smallest absolute Gasteiger partial charge is 0.373 e. The Hall–Kier alpha value is -2.82. The van der Waals surface area contributed by atoms with Crippen molar-refractivity contribution in [2.24, 2.45) is 0 Å². The minimum absolute atomic E-state index is 0.203. The van der Waals surface area contributed by atoms with Gasteiger partial charge in [-0.25, -0.2) is 4.79 Å². The normalized spacial score (nSPS) is 10.6. The first-order chi connectivity index (χ1) is 10.7. The van der Waals surface area contributed by atoms with Crippen molar-refractivity contribution in [1.29, 1.82) is 0 Å². The zero-order chi connectivity index (χ0) is 15.5. The van der Waals surface area contributed by atoms with E-state index in [1.165, 1.54) is 12.7 Å². The van der Waals surface area contributed by atoms with Gasteiger partial charge in [0.1, 0.15) is 5.76 Å². The molecule has 2 heterocycles. The molecule has 0 unspecified atom stereocenters. The summed E-state index contributed by atoms with van der Waals surface area (Å²) in [7, 11) is 1.33. The molecule has 112 valence electrons. The molecule has 3 aromatic rings. The highest BCUT2D eigenvalue weighted by atomic mass is 16.5. The van der Waals surface area contributed by atoms with E-state index in [9.17, 15) is 4.79 Å². The van der Waals surface area contributed by atoms with Gasteiger partial charge in [0.05, 0.1) is 19.2 Å². The maximum absolute atomic E-state index is 11.4. The van der Waals surface area contributed by atoms with Gasteiger partial charge >= 0.3 is 5.97 Å². The van der Waals surface area contributed by atoms with Crippen molar-refractivity contribution in [3.8, 4) is 0 Å². The second kappa shape index (κ2) is 5.89. The Balaban J connectivity index is 1.80. The standard InChI is InChI=1S/C17H16N2O3/c1-11-3-5-14-13(9-11)15(7-8-18-14)19-10-12-4-6-16(22-12)17(20)21-2/h3-9H,10H2,1-2H3,(H,18,19). The number of furan rings is 1. The van der Waals surface area contributed by atoms with Crippen molar-refractivity contribution in [2.75, 3.05) is 12.4 Å². The van der Waals surface area contributed by atoms with Gasteiger partial charge in [0.2, 0.25) is 5.76 Å². The number of aromatic nitrogens is 1. The number of pyridine rings is 1. The van der Waals surface area contributed by atoms with Crippen LogP contribution >= 0.6 is 0 Å². The van der Waals surface area contributed by atoms with Gasteiger partial charge in [-0.05, 0) is 37.3 Å². The fourth-order valence-corrected chi connectivity index (χ4v) is 2.28. The third-order valence-electron chi connectivity index (χ3n) is 3.40. The molecule has 0 amide bonds. The maximum Gasteiger partial charge on any atom is 0.373 e. The Morgan fingerprint density at radius 3 is 2.95 bits per heavy atom. The molecule has 5 nitrogen and oxygen atoms in total. The summed E-state index contributed by atoms with van der Waals surface area (Å²) in [4.78, 5) is 15.7. The number of esters is 1. The van der Waals surface area contributed by atoms with Crippen molar-refractivity contribution in [3.63, 3.8) is 0 Å². The van der Waals surface area contributed by atoms with Gasteiger partial charge in [-0.15, -0.1) is 0 Å². The number of carbonyl (C=O) groups is 1. The summed E-state index contributed by atoms with van der Waals surface area (Å²) in [5.41, 5.74) is 3.09. The number of ether oxygens (including phenoxy) is 1. The van der Waals surface area contributed by atoms with Gasteiger partial charge in [0, 0.05) is 17.3 Å². The molecule has 0 radical (unpaired) electrons. The molecule has 2 aromatic heterocycles. The van der Waals surface area contributed by atoms with Crippen molar-refractivity contribution in [3.05, 3.63) is 59.7 Å². The van der Waals surface area contributed by atoms with E-state index in [0.717, 1.165) is 16.6 Å². The minimum atomic E-state index is -0.476. The highest BCUT2D eigenvalue weighted by Gasteiger charge is 2.11. The summed E-state index contributed by atoms with van der Waals surface area (Å²) < 4.78 is 10.1. The van der Waals surface area contributed by atoms with Crippen LogP contribution in [0.3, 0.4) is 0 Å². The molecule has 0 aliphatic rings. The molecule has 0 saturated heterocycles. The molecule has 0 aliphatic heterocycles. The van der Waals surface area contributed by atoms with Crippen LogP contribution in [-0.2, 0) is 11.3 Å². The Bertz CT molecular complexity index is 824. The fourth-order valence-electron chi connectivity index (χ4n) is 2.28. The van der Waals surface area contributed by atoms with Crippen LogP contribution in [0.1, 0.15) is 21.9 Å². The fraction of sp³-hybridized carbons (Fsp3) is 0.176. The van der Waals surface area contributed by atoms with E-state index in [-0.39, 0.29) is 5.76 Å². The van der Waals surface area contributed by atoms with Crippen LogP contribution in [0.4, 0.5) is 5.69 Å². The molecule has 0 saturated carbocycles. The Morgan fingerprint density at radius 1 is 1.27 bits per heavy atom. The lowest BCUT2D eigenvalue weighted by atomic mass is 10.1. The van der Waals surface area contributed by atoms with E-state index in [1.807, 2.05) is 25.1 Å². The van der Waals surface area contributed by atoms with Crippen LogP contribution in [0, 0.1) is 6.92 Å². The number of fused-ring (bicyclic) bond motifs is 1. The van der Waals surface area contributed by atoms with E-state index in [2.05, 4.69) is 21.1 Å². The van der Waals surface area contributed by atoms with Crippen molar-refractivity contribution in [2.45, 2.75) is 13.5 Å². The summed E-state index contributed by atoms with van der Waals surface area (Å²) in [6, 6.07) is 11.4. The predicted molar refractivity (Wildman–Crippen MR) is 83.9 cm³/mol. The van der Waals surface area contributed by atoms with Crippen molar-refractivity contribution in [1.82, 2.24) is 4.98 Å². The summed E-state index contributed by atoms with van der Waals surface area (Å²) in [6.07, 6.45) is 1.77. The molecule has 1 aromatic carbocycles. The number of methoxy groups -OCH3 is 1. The van der Waals surface area contributed by atoms with Crippen LogP contribution < -0.4 is 5.32 Å². The van der Waals surface area contributed by atoms with Gasteiger partial charge < -0.3 is 14.5 Å². The average molecular weight is 296 g/mol. The van der Waals surface area contributed by atoms with Crippen LogP contribution in [0.5, 0.6) is 0 Å². The third kappa shape index (κ3) is 2.79. The molecular weight excluding hydrogens is 280 g/mol. The highest BCUT2D eigenvalue weighted by Crippen LogP contribution is 2.23. The number of carbonyl (C=O) groups excluding carboxylic acids is 1. The first kappa shape index (κ1) is 14.1. The predicted octanol–water partition coefficient (Wildman–Crippen LogP) is 3.53. The number of benzene rings is 1. The van der Waals surface area contributed by atoms with Crippen LogP contribution in [0.25, 0.3) is 10.9 Å². The first-order valence-electron chi connectivity index (χ1n) is 6.93. The quantitative estimate of drug-likeness (QED) is 0.746. The first-order valence-corrected chi connectivity index (χ1v) is 6.93. The largest absolute Gasteiger partial charge is 0.463 e. The number of anilines is 1. The summed E-state index contributed by atoms with van der Waals surface area (Å²) in [5, 5.41) is 4.37. The van der Waals surface area contributed by atoms with Crippen molar-refractivity contribution < 1.29 is 13.9 Å². The zero-order valence-corrected chi connectivity index (χ0v) is 12.4. The van der Waals surface area contributed by atoms with E-state index >= 15 is 0 Å². The Morgan fingerprint density at radius 2 is 2.14 bits per heavy atom. The second-order valence-corrected chi connectivity index (χ2v) is 4.99. The number of hydrogen-bond donors (Lipinski definition) is 1. The lowest BCUT2D eigenvalue weighted by Gasteiger charge is -2.08. The molecule has 1 N–H and O–H groups in total. The van der Waals surface area contributed by atoms with E-state index in [1.54, 1.807) is 18.3 Å². The number of rotatable bonds is 4. The summed E-state index contributed by atoms with van der Waals surface area (Å²) in [6.45, 7) is 2.52. The number of nitrogens with zero attached hydrogens (tertiary/aromatic N) is 1. The average Bonchev–Trinajstić information content (AvgIpc) is 3.01. The van der Waals surface area contributed by atoms with Crippen LogP contribution in [-0.4, -0.2) is 18.1 Å². The van der Waals surface area contributed by atoms with Crippen molar-refractivity contribution >= 4 is 22.6 Å². The SMILES string of the molecule is COC(=O)c1ccc(CNc2ccnc3ccc(C)cc23)o1. The molecule has 22 heavy (non-hydrogen) atoms. The molecular formula is C17H16N2O3. The van der Waals surface area contributed by atoms with Gasteiger partial charge in [0.15, 0.2) is 0 Å². The zero-order valence-electron chi connectivity index (χ0n) is 12.4. The summed E-state index contributed by atoms with van der Waals surface area (Å²) >= 11 is 0. The lowest BCUT2D eigenvalue weighted by Crippen LogP contribution is -2.01. The molecule has 0 bridgehead atoms. The third-order valence-corrected chi connectivity index (χ3v) is 3.40. The Kier molecular flexibility index (Phi) is 3.78. The lowest BCUT2D eigenvalue weighted by molar-refractivity contribution is 0.0563. The Labute approximate surface area is 127 Å². The molecule has 0 aliphatic carbocycles. The van der Waals surface area contributed by atoms with E-state index in [4.69, 9.17) is 4.42 Å². The molecule has 3 rings (SSSR count). The highest BCUT2D eigenvalue weighted by molar-refractivity contribution is 5.91. The van der Waals surface area contributed by atoms with E-state index < -0.39 is 5.97 Å².